The van der Waals surface area contributed by atoms with Crippen molar-refractivity contribution < 1.29 is 19.1 Å². The molecule has 0 aliphatic heterocycles. The summed E-state index contributed by atoms with van der Waals surface area (Å²) in [5.41, 5.74) is 0. The second-order valence-corrected chi connectivity index (χ2v) is 23.8. The summed E-state index contributed by atoms with van der Waals surface area (Å²) in [6.45, 7) is 32.1. The molecule has 0 aromatic rings. The lowest BCUT2D eigenvalue weighted by Gasteiger charge is -2.37. The van der Waals surface area contributed by atoms with Crippen molar-refractivity contribution in [1.82, 2.24) is 0 Å². The van der Waals surface area contributed by atoms with Crippen LogP contribution in [-0.2, 0) is 8.85 Å². The average molecular weight is 505 g/mol. The Bertz CT molecular complexity index is 503. The van der Waals surface area contributed by atoms with E-state index in [2.05, 4.69) is 95.4 Å². The predicted octanol–water partition coefficient (Wildman–Crippen LogP) is 7.47. The molecule has 0 fully saturated rings. The van der Waals surface area contributed by atoms with Crippen LogP contribution in [0.25, 0.3) is 0 Å². The first-order chi connectivity index (χ1) is 14.6. The second-order valence-electron chi connectivity index (χ2n) is 14.1. The maximum Gasteiger partial charge on any atom is 0.192 e. The summed E-state index contributed by atoms with van der Waals surface area (Å²) in [4.78, 5) is 0. The van der Waals surface area contributed by atoms with Crippen LogP contribution in [0.3, 0.4) is 0 Å². The van der Waals surface area contributed by atoms with Crippen molar-refractivity contribution in [3.63, 3.8) is 0 Å². The largest absolute Gasteiger partial charge is 0.414 e. The van der Waals surface area contributed by atoms with Crippen molar-refractivity contribution in [3.05, 3.63) is 0 Å². The summed E-state index contributed by atoms with van der Waals surface area (Å²) in [5, 5.41) is 21.7. The van der Waals surface area contributed by atoms with Gasteiger partial charge in [0.15, 0.2) is 16.6 Å². The Balaban J connectivity index is 4.50. The van der Waals surface area contributed by atoms with Gasteiger partial charge in [-0.05, 0) is 79.2 Å². The lowest BCUT2D eigenvalue weighted by Crippen LogP contribution is -2.43. The molecule has 6 heteroatoms. The van der Waals surface area contributed by atoms with Crippen LogP contribution in [0.4, 0.5) is 0 Å². The van der Waals surface area contributed by atoms with E-state index in [1.807, 2.05) is 0 Å². The first-order valence-electron chi connectivity index (χ1n) is 13.2. The summed E-state index contributed by atoms with van der Waals surface area (Å²) < 4.78 is 12.5. The molecule has 33 heavy (non-hydrogen) atoms. The van der Waals surface area contributed by atoms with Gasteiger partial charge in [-0.25, -0.2) is 0 Å². The molecule has 0 rings (SSSR count). The second kappa shape index (κ2) is 13.0. The van der Waals surface area contributed by atoms with Gasteiger partial charge in [0, 0.05) is 0 Å². The van der Waals surface area contributed by atoms with Crippen molar-refractivity contribution in [2.45, 2.75) is 137 Å². The maximum atomic E-state index is 10.7. The molecule has 0 aromatic carbocycles. The summed E-state index contributed by atoms with van der Waals surface area (Å²) >= 11 is 0. The molecule has 0 unspecified atom stereocenters. The van der Waals surface area contributed by atoms with Crippen LogP contribution < -0.4 is 0 Å². The molecule has 0 saturated carbocycles. The highest BCUT2D eigenvalue weighted by atomic mass is 28.4. The molecule has 0 heterocycles. The van der Waals surface area contributed by atoms with Crippen molar-refractivity contribution in [2.24, 2.45) is 23.7 Å². The molecule has 200 valence electrons. The van der Waals surface area contributed by atoms with Gasteiger partial charge in [-0.15, -0.1) is 0 Å². The minimum Gasteiger partial charge on any atom is -0.414 e. The third-order valence-electron chi connectivity index (χ3n) is 8.51. The van der Waals surface area contributed by atoms with Crippen LogP contribution in [0.1, 0.15) is 88.5 Å². The van der Waals surface area contributed by atoms with Crippen molar-refractivity contribution >= 4 is 16.6 Å². The third kappa shape index (κ3) is 11.7. The molecule has 0 radical (unpaired) electrons. The van der Waals surface area contributed by atoms with Gasteiger partial charge in [0.25, 0.3) is 0 Å². The molecule has 0 aliphatic carbocycles. The molecule has 0 bridgehead atoms. The SMILES string of the molecule is C[C@H](C[C@H](C)C[C@H](C)[C@@H](O)CO[Si](C)(C)C(C)(C)C)C[C@H](C)[C@@H](O)CO[Si](C)(C)C(C)(C)C. The topological polar surface area (TPSA) is 58.9 Å². The van der Waals surface area contributed by atoms with E-state index in [9.17, 15) is 10.2 Å². The van der Waals surface area contributed by atoms with E-state index >= 15 is 0 Å². The molecule has 0 saturated heterocycles. The molecule has 0 amide bonds. The molecule has 0 spiro atoms. The number of hydrogen-bond acceptors (Lipinski definition) is 4. The summed E-state index contributed by atoms with van der Waals surface area (Å²) in [6, 6.07) is 0. The minimum absolute atomic E-state index is 0.162. The lowest BCUT2D eigenvalue weighted by atomic mass is 9.83. The fourth-order valence-electron chi connectivity index (χ4n) is 3.81. The zero-order chi connectivity index (χ0) is 26.4. The normalized spacial score (nSPS) is 19.6. The van der Waals surface area contributed by atoms with Gasteiger partial charge in [0.05, 0.1) is 25.4 Å². The average Bonchev–Trinajstić information content (AvgIpc) is 2.61. The lowest BCUT2D eigenvalue weighted by molar-refractivity contribution is 0.0423. The highest BCUT2D eigenvalue weighted by Crippen LogP contribution is 2.38. The molecule has 0 aromatic heterocycles. The van der Waals surface area contributed by atoms with E-state index in [0.29, 0.717) is 25.0 Å². The fraction of sp³-hybridized carbons (Fsp3) is 1.00. The monoisotopic (exact) mass is 504 g/mol. The van der Waals surface area contributed by atoms with Crippen LogP contribution in [0.15, 0.2) is 0 Å². The standard InChI is InChI=1S/C27H60O4Si2/c1-20(16-22(3)24(28)18-30-32(11,12)26(5,6)7)15-21(2)17-23(4)25(29)19-31-33(13,14)27(8,9)10/h20-25,28-29H,15-19H2,1-14H3/t20-,21+,22-,23-,24-,25-/m0/s1. The summed E-state index contributed by atoms with van der Waals surface area (Å²) in [5.74, 6) is 1.51. The van der Waals surface area contributed by atoms with E-state index < -0.39 is 28.8 Å². The van der Waals surface area contributed by atoms with E-state index in [-0.39, 0.29) is 21.9 Å². The number of aliphatic hydroxyl groups excluding tert-OH is 2. The quantitative estimate of drug-likeness (QED) is 0.241. The van der Waals surface area contributed by atoms with Crippen LogP contribution in [-0.4, -0.2) is 52.3 Å². The third-order valence-corrected chi connectivity index (χ3v) is 17.5. The van der Waals surface area contributed by atoms with E-state index in [1.165, 1.54) is 0 Å². The van der Waals surface area contributed by atoms with Crippen LogP contribution in [0.5, 0.6) is 0 Å². The van der Waals surface area contributed by atoms with Crippen LogP contribution in [0.2, 0.25) is 36.3 Å². The van der Waals surface area contributed by atoms with Gasteiger partial charge in [0.2, 0.25) is 0 Å². The first-order valence-corrected chi connectivity index (χ1v) is 19.1. The Morgan fingerprint density at radius 1 is 0.576 bits per heavy atom. The van der Waals surface area contributed by atoms with Crippen molar-refractivity contribution in [3.8, 4) is 0 Å². The van der Waals surface area contributed by atoms with Gasteiger partial charge < -0.3 is 19.1 Å². The molecule has 4 nitrogen and oxygen atoms in total. The Labute approximate surface area is 209 Å². The maximum absolute atomic E-state index is 10.7. The summed E-state index contributed by atoms with van der Waals surface area (Å²) in [7, 11) is -3.66. The molecule has 6 atom stereocenters. The van der Waals surface area contributed by atoms with Crippen LogP contribution >= 0.6 is 0 Å². The van der Waals surface area contributed by atoms with Crippen LogP contribution in [0, 0.1) is 23.7 Å². The first kappa shape index (κ1) is 33.3. The van der Waals surface area contributed by atoms with Gasteiger partial charge >= 0.3 is 0 Å². The molecular weight excluding hydrogens is 444 g/mol. The highest BCUT2D eigenvalue weighted by molar-refractivity contribution is 6.74. The van der Waals surface area contributed by atoms with Gasteiger partial charge in [-0.3, -0.25) is 0 Å². The van der Waals surface area contributed by atoms with Crippen molar-refractivity contribution in [2.75, 3.05) is 13.2 Å². The zero-order valence-corrected chi connectivity index (χ0v) is 26.7. The minimum atomic E-state index is -1.83. The van der Waals surface area contributed by atoms with Gasteiger partial charge in [-0.2, -0.15) is 0 Å². The Kier molecular flexibility index (Phi) is 13.1. The number of rotatable bonds is 14. The predicted molar refractivity (Wildman–Crippen MR) is 149 cm³/mol. The Morgan fingerprint density at radius 2 is 0.848 bits per heavy atom. The summed E-state index contributed by atoms with van der Waals surface area (Å²) in [6.07, 6.45) is 2.28. The van der Waals surface area contributed by atoms with E-state index in [0.717, 1.165) is 19.3 Å². The van der Waals surface area contributed by atoms with Gasteiger partial charge in [0.1, 0.15) is 0 Å². The van der Waals surface area contributed by atoms with Gasteiger partial charge in [-0.1, -0.05) is 69.2 Å². The van der Waals surface area contributed by atoms with E-state index in [1.54, 1.807) is 0 Å². The molecular formula is C27H60O4Si2. The smallest absolute Gasteiger partial charge is 0.192 e. The Morgan fingerprint density at radius 3 is 1.09 bits per heavy atom. The fourth-order valence-corrected chi connectivity index (χ4v) is 5.85. The zero-order valence-electron chi connectivity index (χ0n) is 24.7. The number of aliphatic hydroxyl groups is 2. The molecule has 2 N–H and O–H groups in total. The molecule has 0 aliphatic rings. The Hall–Kier alpha value is 0.274. The number of hydrogen-bond donors (Lipinski definition) is 2. The van der Waals surface area contributed by atoms with E-state index in [4.69, 9.17) is 8.85 Å². The highest BCUT2D eigenvalue weighted by Gasteiger charge is 2.39. The van der Waals surface area contributed by atoms with Crippen molar-refractivity contribution in [1.29, 1.82) is 0 Å².